The summed E-state index contributed by atoms with van der Waals surface area (Å²) in [4.78, 5) is 32.3. The zero-order chi connectivity index (χ0) is 24.5. The average Bonchev–Trinajstić information content (AvgIpc) is 3.24. The second-order valence-corrected chi connectivity index (χ2v) is 8.74. The first-order valence-corrected chi connectivity index (χ1v) is 11.5. The lowest BCUT2D eigenvalue weighted by Gasteiger charge is -2.31. The van der Waals surface area contributed by atoms with Crippen LogP contribution in [0, 0.1) is 24.5 Å². The number of fused-ring (bicyclic) bond motifs is 1. The zero-order valence-corrected chi connectivity index (χ0v) is 19.2. The van der Waals surface area contributed by atoms with E-state index >= 15 is 0 Å². The molecule has 35 heavy (non-hydrogen) atoms. The number of anilines is 1. The van der Waals surface area contributed by atoms with Gasteiger partial charge in [-0.25, -0.2) is 13.8 Å². The van der Waals surface area contributed by atoms with E-state index in [1.807, 2.05) is 60.0 Å². The van der Waals surface area contributed by atoms with Gasteiger partial charge in [0.15, 0.2) is 0 Å². The number of aromatic nitrogens is 2. The monoisotopic (exact) mass is 474 g/mol. The van der Waals surface area contributed by atoms with Gasteiger partial charge in [-0.05, 0) is 43.5 Å². The minimum atomic E-state index is -0.883. The van der Waals surface area contributed by atoms with Gasteiger partial charge in [0.2, 0.25) is 5.91 Å². The van der Waals surface area contributed by atoms with Crippen LogP contribution in [0.5, 0.6) is 0 Å². The van der Waals surface area contributed by atoms with Crippen molar-refractivity contribution in [1.29, 1.82) is 0 Å². The molecule has 0 bridgehead atoms. The number of nitrogens with one attached hydrogen (secondary N) is 1. The van der Waals surface area contributed by atoms with Crippen LogP contribution in [0.4, 0.5) is 14.6 Å². The third kappa shape index (κ3) is 4.39. The predicted octanol–water partition coefficient (Wildman–Crippen LogP) is 5.08. The van der Waals surface area contributed by atoms with Crippen molar-refractivity contribution in [2.75, 3.05) is 18.4 Å². The van der Waals surface area contributed by atoms with Gasteiger partial charge < -0.3 is 10.2 Å². The van der Waals surface area contributed by atoms with E-state index in [-0.39, 0.29) is 17.4 Å². The van der Waals surface area contributed by atoms with Gasteiger partial charge in [-0.2, -0.15) is 0 Å². The molecular formula is C27H24F2N4O2. The number of halogens is 2. The maximum Gasteiger partial charge on any atom is 0.256 e. The lowest BCUT2D eigenvalue weighted by Crippen LogP contribution is -2.41. The largest absolute Gasteiger partial charge is 0.339 e. The van der Waals surface area contributed by atoms with Crippen LogP contribution < -0.4 is 5.32 Å². The van der Waals surface area contributed by atoms with Crippen LogP contribution in [0.1, 0.15) is 28.8 Å². The molecule has 0 saturated carbocycles. The van der Waals surface area contributed by atoms with Crippen molar-refractivity contribution in [2.24, 2.45) is 5.92 Å². The highest BCUT2D eigenvalue weighted by Gasteiger charge is 2.30. The molecule has 3 heterocycles. The van der Waals surface area contributed by atoms with E-state index in [0.29, 0.717) is 43.5 Å². The molecule has 2 aromatic heterocycles. The zero-order valence-electron chi connectivity index (χ0n) is 19.2. The lowest BCUT2D eigenvalue weighted by atomic mass is 9.95. The summed E-state index contributed by atoms with van der Waals surface area (Å²) in [5.41, 5.74) is 3.18. The van der Waals surface area contributed by atoms with Crippen LogP contribution >= 0.6 is 0 Å². The molecule has 2 amide bonds. The summed E-state index contributed by atoms with van der Waals surface area (Å²) in [6, 6.07) is 16.5. The molecule has 0 spiro atoms. The van der Waals surface area contributed by atoms with Crippen molar-refractivity contribution in [2.45, 2.75) is 19.8 Å². The number of imidazole rings is 1. The first-order valence-electron chi connectivity index (χ1n) is 11.5. The molecule has 1 fully saturated rings. The van der Waals surface area contributed by atoms with Gasteiger partial charge >= 0.3 is 0 Å². The first kappa shape index (κ1) is 22.7. The van der Waals surface area contributed by atoms with Crippen molar-refractivity contribution in [3.63, 3.8) is 0 Å². The number of benzene rings is 2. The van der Waals surface area contributed by atoms with E-state index in [9.17, 15) is 18.4 Å². The minimum absolute atomic E-state index is 0.148. The Morgan fingerprint density at radius 3 is 2.46 bits per heavy atom. The number of aryl methyl sites for hydroxylation is 1. The predicted molar refractivity (Wildman–Crippen MR) is 129 cm³/mol. The first-order chi connectivity index (χ1) is 16.9. The van der Waals surface area contributed by atoms with E-state index in [0.717, 1.165) is 28.9 Å². The number of carbonyl (C=O) groups is 2. The molecule has 1 aliphatic rings. The summed E-state index contributed by atoms with van der Waals surface area (Å²) < 4.78 is 29.1. The van der Waals surface area contributed by atoms with Crippen molar-refractivity contribution in [3.05, 3.63) is 89.6 Å². The van der Waals surface area contributed by atoms with Crippen molar-refractivity contribution in [1.82, 2.24) is 14.3 Å². The molecule has 0 atom stereocenters. The standard InChI is InChI=1S/C27H24F2N4O2/c1-17-6-5-13-33-24(17)30-23(18-7-3-2-4-8-18)25(33)31-26(34)19-11-14-32(15-12-19)27(35)21-10-9-20(28)16-22(21)29/h2-10,13,16,19H,11-12,14-15H2,1H3,(H,31,34). The SMILES string of the molecule is Cc1cccn2c(NC(=O)C3CCN(C(=O)c4ccc(F)cc4F)CC3)c(-c3ccccc3)nc12. The third-order valence-corrected chi connectivity index (χ3v) is 6.45. The van der Waals surface area contributed by atoms with E-state index in [1.54, 1.807) is 0 Å². The second kappa shape index (κ2) is 9.29. The molecule has 1 saturated heterocycles. The van der Waals surface area contributed by atoms with Gasteiger partial charge in [0.25, 0.3) is 5.91 Å². The summed E-state index contributed by atoms with van der Waals surface area (Å²) in [7, 11) is 0. The summed E-state index contributed by atoms with van der Waals surface area (Å²) in [5.74, 6) is -1.96. The van der Waals surface area contributed by atoms with E-state index in [1.165, 1.54) is 4.90 Å². The Morgan fingerprint density at radius 1 is 1.00 bits per heavy atom. The molecule has 8 heteroatoms. The maximum atomic E-state index is 14.0. The van der Waals surface area contributed by atoms with E-state index in [4.69, 9.17) is 4.98 Å². The van der Waals surface area contributed by atoms with Crippen LogP contribution in [-0.2, 0) is 4.79 Å². The maximum absolute atomic E-state index is 14.0. The highest BCUT2D eigenvalue weighted by Crippen LogP contribution is 2.31. The summed E-state index contributed by atoms with van der Waals surface area (Å²) in [6.45, 7) is 2.59. The van der Waals surface area contributed by atoms with Gasteiger partial charge in [-0.1, -0.05) is 36.4 Å². The van der Waals surface area contributed by atoms with Gasteiger partial charge in [0, 0.05) is 36.8 Å². The molecule has 1 aliphatic heterocycles. The quantitative estimate of drug-likeness (QED) is 0.449. The Bertz CT molecular complexity index is 1410. The number of pyridine rings is 1. The van der Waals surface area contributed by atoms with Gasteiger partial charge in [0.1, 0.15) is 28.8 Å². The van der Waals surface area contributed by atoms with Crippen molar-refractivity contribution < 1.29 is 18.4 Å². The number of piperidine rings is 1. The fourth-order valence-corrected chi connectivity index (χ4v) is 4.52. The molecule has 1 N–H and O–H groups in total. The second-order valence-electron chi connectivity index (χ2n) is 8.74. The molecule has 6 nitrogen and oxygen atoms in total. The topological polar surface area (TPSA) is 66.7 Å². The minimum Gasteiger partial charge on any atom is -0.339 e. The van der Waals surface area contributed by atoms with E-state index in [2.05, 4.69) is 5.32 Å². The molecular weight excluding hydrogens is 450 g/mol. The molecule has 4 aromatic rings. The number of hydrogen-bond acceptors (Lipinski definition) is 3. The van der Waals surface area contributed by atoms with Crippen LogP contribution in [0.15, 0.2) is 66.9 Å². The molecule has 178 valence electrons. The molecule has 0 aliphatic carbocycles. The van der Waals surface area contributed by atoms with Crippen molar-refractivity contribution in [3.8, 4) is 11.3 Å². The normalized spacial score (nSPS) is 14.3. The fourth-order valence-electron chi connectivity index (χ4n) is 4.52. The summed E-state index contributed by atoms with van der Waals surface area (Å²) >= 11 is 0. The number of carbonyl (C=O) groups excluding carboxylic acids is 2. The highest BCUT2D eigenvalue weighted by molar-refractivity contribution is 5.97. The smallest absolute Gasteiger partial charge is 0.256 e. The van der Waals surface area contributed by atoms with Crippen LogP contribution in [0.25, 0.3) is 16.9 Å². The van der Waals surface area contributed by atoms with Crippen molar-refractivity contribution >= 4 is 23.3 Å². The number of likely N-dealkylation sites (tertiary alicyclic amines) is 1. The third-order valence-electron chi connectivity index (χ3n) is 6.45. The summed E-state index contributed by atoms with van der Waals surface area (Å²) in [6.07, 6.45) is 2.75. The Morgan fingerprint density at radius 2 is 1.74 bits per heavy atom. The Balaban J connectivity index is 1.33. The molecule has 5 rings (SSSR count). The Hall–Kier alpha value is -4.07. The van der Waals surface area contributed by atoms with E-state index < -0.39 is 17.5 Å². The summed E-state index contributed by atoms with van der Waals surface area (Å²) in [5, 5.41) is 3.08. The Labute approximate surface area is 201 Å². The number of amides is 2. The van der Waals surface area contributed by atoms with Crippen LogP contribution in [0.2, 0.25) is 0 Å². The number of rotatable bonds is 4. The molecule has 0 unspecified atom stereocenters. The van der Waals surface area contributed by atoms with Gasteiger partial charge in [-0.3, -0.25) is 14.0 Å². The van der Waals surface area contributed by atoms with Gasteiger partial charge in [0.05, 0.1) is 5.56 Å². The fraction of sp³-hybridized carbons (Fsp3) is 0.222. The number of hydrogen-bond donors (Lipinski definition) is 1. The average molecular weight is 475 g/mol. The molecule has 2 aromatic carbocycles. The van der Waals surface area contributed by atoms with Gasteiger partial charge in [-0.15, -0.1) is 0 Å². The Kier molecular flexibility index (Phi) is 6.03. The highest BCUT2D eigenvalue weighted by atomic mass is 19.1. The lowest BCUT2D eigenvalue weighted by molar-refractivity contribution is -0.121. The van der Waals surface area contributed by atoms with Crippen LogP contribution in [-0.4, -0.2) is 39.2 Å². The molecule has 0 radical (unpaired) electrons. The van der Waals surface area contributed by atoms with Crippen LogP contribution in [0.3, 0.4) is 0 Å². The number of nitrogens with zero attached hydrogens (tertiary/aromatic N) is 3.